The minimum atomic E-state index is -0.241. The Balaban J connectivity index is 2.46. The molecule has 0 atom stereocenters. The second-order valence-electron chi connectivity index (χ2n) is 4.70. The van der Waals surface area contributed by atoms with E-state index in [2.05, 4.69) is 6.58 Å². The third-order valence-corrected chi connectivity index (χ3v) is 3.40. The van der Waals surface area contributed by atoms with Crippen molar-refractivity contribution in [2.45, 2.75) is 6.54 Å². The summed E-state index contributed by atoms with van der Waals surface area (Å²) in [4.78, 5) is 12.7. The topological polar surface area (TPSA) is 45.6 Å². The van der Waals surface area contributed by atoms with Gasteiger partial charge in [-0.1, -0.05) is 49.1 Å². The SMILES string of the molecule is C=CC[n+]1c(O)c(-c2ccccc2)c(=O)n2ccccc21. The maximum absolute atomic E-state index is 12.7. The van der Waals surface area contributed by atoms with E-state index in [0.29, 0.717) is 23.3 Å². The summed E-state index contributed by atoms with van der Waals surface area (Å²) in [6.45, 7) is 4.13. The van der Waals surface area contributed by atoms with Crippen molar-refractivity contribution in [2.75, 3.05) is 0 Å². The average Bonchev–Trinajstić information content (AvgIpc) is 2.53. The lowest BCUT2D eigenvalue weighted by molar-refractivity contribution is -0.670. The Morgan fingerprint density at radius 1 is 1.14 bits per heavy atom. The van der Waals surface area contributed by atoms with Crippen molar-refractivity contribution in [1.29, 1.82) is 0 Å². The van der Waals surface area contributed by atoms with Crippen LogP contribution in [0.3, 0.4) is 0 Å². The predicted molar refractivity (Wildman–Crippen MR) is 81.2 cm³/mol. The molecule has 4 nitrogen and oxygen atoms in total. The smallest absolute Gasteiger partial charge is 0.354 e. The number of hydrogen-bond donors (Lipinski definition) is 1. The van der Waals surface area contributed by atoms with Crippen molar-refractivity contribution in [1.82, 2.24) is 4.40 Å². The van der Waals surface area contributed by atoms with Gasteiger partial charge in [-0.2, -0.15) is 8.97 Å². The maximum atomic E-state index is 12.7. The predicted octanol–water partition coefficient (Wildman–Crippen LogP) is 2.15. The second-order valence-corrected chi connectivity index (χ2v) is 4.70. The lowest BCUT2D eigenvalue weighted by Crippen LogP contribution is -2.40. The van der Waals surface area contributed by atoms with Crippen LogP contribution in [0.1, 0.15) is 0 Å². The summed E-state index contributed by atoms with van der Waals surface area (Å²) in [6, 6.07) is 14.6. The summed E-state index contributed by atoms with van der Waals surface area (Å²) in [7, 11) is 0. The first kappa shape index (κ1) is 13.1. The van der Waals surface area contributed by atoms with Crippen molar-refractivity contribution >= 4 is 5.65 Å². The fourth-order valence-electron chi connectivity index (χ4n) is 2.45. The molecular weight excluding hydrogens is 264 g/mol. The lowest BCUT2D eigenvalue weighted by Gasteiger charge is -2.08. The van der Waals surface area contributed by atoms with E-state index in [1.54, 1.807) is 29.0 Å². The van der Waals surface area contributed by atoms with E-state index in [0.717, 1.165) is 0 Å². The maximum Gasteiger partial charge on any atom is 0.354 e. The highest BCUT2D eigenvalue weighted by atomic mass is 16.3. The zero-order valence-electron chi connectivity index (χ0n) is 11.4. The molecule has 3 aromatic rings. The van der Waals surface area contributed by atoms with E-state index in [1.807, 2.05) is 36.4 Å². The normalized spacial score (nSPS) is 10.7. The fraction of sp³-hybridized carbons (Fsp3) is 0.0588. The molecule has 0 aliphatic carbocycles. The number of pyridine rings is 1. The van der Waals surface area contributed by atoms with Crippen LogP contribution >= 0.6 is 0 Å². The van der Waals surface area contributed by atoms with Gasteiger partial charge in [0.15, 0.2) is 5.56 Å². The number of nitrogens with zero attached hydrogens (tertiary/aromatic N) is 2. The van der Waals surface area contributed by atoms with E-state index in [9.17, 15) is 9.90 Å². The Kier molecular flexibility index (Phi) is 3.28. The highest BCUT2D eigenvalue weighted by Crippen LogP contribution is 2.22. The van der Waals surface area contributed by atoms with Crippen LogP contribution in [0.4, 0.5) is 0 Å². The van der Waals surface area contributed by atoms with E-state index in [-0.39, 0.29) is 11.4 Å². The molecule has 1 N–H and O–H groups in total. The van der Waals surface area contributed by atoms with Crippen molar-refractivity contribution in [2.24, 2.45) is 0 Å². The number of aromatic hydroxyl groups is 1. The van der Waals surface area contributed by atoms with Crippen LogP contribution < -0.4 is 10.1 Å². The zero-order chi connectivity index (χ0) is 14.8. The lowest BCUT2D eigenvalue weighted by atomic mass is 10.1. The molecule has 0 amide bonds. The second kappa shape index (κ2) is 5.25. The van der Waals surface area contributed by atoms with Crippen LogP contribution in [0, 0.1) is 0 Å². The first-order valence-corrected chi connectivity index (χ1v) is 6.66. The van der Waals surface area contributed by atoms with Gasteiger partial charge in [-0.25, -0.2) is 4.79 Å². The minimum Gasteiger partial charge on any atom is -0.477 e. The van der Waals surface area contributed by atoms with Gasteiger partial charge in [-0.15, -0.1) is 0 Å². The number of hydrogen-bond acceptors (Lipinski definition) is 2. The van der Waals surface area contributed by atoms with Gasteiger partial charge in [0, 0.05) is 6.07 Å². The van der Waals surface area contributed by atoms with Crippen LogP contribution in [0.5, 0.6) is 5.88 Å². The highest BCUT2D eigenvalue weighted by Gasteiger charge is 2.23. The van der Waals surface area contributed by atoms with Gasteiger partial charge in [0.1, 0.15) is 6.54 Å². The minimum absolute atomic E-state index is 0.0442. The molecule has 0 saturated heterocycles. The Bertz CT molecular complexity index is 867. The number of benzene rings is 1. The molecular formula is C17H15N2O2+. The summed E-state index contributed by atoms with van der Waals surface area (Å²) in [6.07, 6.45) is 3.38. The first-order chi connectivity index (χ1) is 10.2. The Morgan fingerprint density at radius 3 is 2.57 bits per heavy atom. The number of aromatic nitrogens is 2. The molecule has 3 rings (SSSR count). The van der Waals surface area contributed by atoms with Crippen LogP contribution in [0.25, 0.3) is 16.8 Å². The molecule has 0 saturated carbocycles. The average molecular weight is 279 g/mol. The van der Waals surface area contributed by atoms with E-state index in [4.69, 9.17) is 0 Å². The van der Waals surface area contributed by atoms with Gasteiger partial charge in [0.25, 0.3) is 11.5 Å². The fourth-order valence-corrected chi connectivity index (χ4v) is 2.45. The molecule has 4 heteroatoms. The highest BCUT2D eigenvalue weighted by molar-refractivity contribution is 5.66. The summed E-state index contributed by atoms with van der Waals surface area (Å²) in [5.41, 5.74) is 1.37. The first-order valence-electron chi connectivity index (χ1n) is 6.66. The number of rotatable bonds is 3. The van der Waals surface area contributed by atoms with Gasteiger partial charge in [0.05, 0.1) is 6.20 Å². The Morgan fingerprint density at radius 2 is 1.86 bits per heavy atom. The van der Waals surface area contributed by atoms with Crippen LogP contribution in [0.2, 0.25) is 0 Å². The molecule has 2 heterocycles. The largest absolute Gasteiger partial charge is 0.477 e. The third kappa shape index (κ3) is 2.10. The van der Waals surface area contributed by atoms with Gasteiger partial charge in [0.2, 0.25) is 0 Å². The number of fused-ring (bicyclic) bond motifs is 1. The number of allylic oxidation sites excluding steroid dienone is 1. The van der Waals surface area contributed by atoms with Crippen molar-refractivity contribution in [3.05, 3.63) is 77.7 Å². The van der Waals surface area contributed by atoms with Crippen LogP contribution in [0.15, 0.2) is 72.2 Å². The van der Waals surface area contributed by atoms with Crippen molar-refractivity contribution < 1.29 is 9.67 Å². The molecule has 0 fully saturated rings. The molecule has 2 aromatic heterocycles. The molecule has 0 bridgehead atoms. The molecule has 0 aliphatic rings. The molecule has 1 aromatic carbocycles. The van der Waals surface area contributed by atoms with Crippen LogP contribution in [-0.4, -0.2) is 9.51 Å². The quantitative estimate of drug-likeness (QED) is 0.590. The van der Waals surface area contributed by atoms with E-state index in [1.165, 1.54) is 4.40 Å². The van der Waals surface area contributed by atoms with Crippen LogP contribution in [-0.2, 0) is 6.54 Å². The van der Waals surface area contributed by atoms with Crippen molar-refractivity contribution in [3.63, 3.8) is 0 Å². The monoisotopic (exact) mass is 279 g/mol. The summed E-state index contributed by atoms with van der Waals surface area (Å²) in [5.74, 6) is -0.0442. The molecule has 0 radical (unpaired) electrons. The molecule has 104 valence electrons. The van der Waals surface area contributed by atoms with E-state index < -0.39 is 0 Å². The van der Waals surface area contributed by atoms with Crippen molar-refractivity contribution in [3.8, 4) is 17.0 Å². The van der Waals surface area contributed by atoms with E-state index >= 15 is 0 Å². The Hall–Kier alpha value is -2.88. The Labute approximate surface area is 121 Å². The third-order valence-electron chi connectivity index (χ3n) is 3.40. The van der Waals surface area contributed by atoms with Gasteiger partial charge < -0.3 is 5.11 Å². The molecule has 0 unspecified atom stereocenters. The zero-order valence-corrected chi connectivity index (χ0v) is 11.4. The van der Waals surface area contributed by atoms with Gasteiger partial charge >= 0.3 is 5.56 Å². The molecule has 0 aliphatic heterocycles. The summed E-state index contributed by atoms with van der Waals surface area (Å²) in [5, 5.41) is 10.6. The summed E-state index contributed by atoms with van der Waals surface area (Å²) < 4.78 is 3.20. The standard InChI is InChI=1S/C17H14N2O2/c1-2-11-18-14-10-6-7-12-19(14)17(21)15(16(18)20)13-8-4-3-5-9-13/h2-10,12H,1,11H2/p+1. The van der Waals surface area contributed by atoms with Gasteiger partial charge in [-0.05, 0) is 11.6 Å². The molecule has 0 spiro atoms. The van der Waals surface area contributed by atoms with Gasteiger partial charge in [-0.3, -0.25) is 0 Å². The molecule has 21 heavy (non-hydrogen) atoms. The summed E-state index contributed by atoms with van der Waals surface area (Å²) >= 11 is 0.